The van der Waals surface area contributed by atoms with Gasteiger partial charge in [-0.3, -0.25) is 9.20 Å². The van der Waals surface area contributed by atoms with Crippen molar-refractivity contribution in [3.05, 3.63) is 69.6 Å². The summed E-state index contributed by atoms with van der Waals surface area (Å²) in [6, 6.07) is 15.5. The third-order valence-corrected chi connectivity index (χ3v) is 6.55. The van der Waals surface area contributed by atoms with Crippen LogP contribution in [0.2, 0.25) is 0 Å². The van der Waals surface area contributed by atoms with Crippen molar-refractivity contribution in [1.29, 1.82) is 5.26 Å². The average molecular weight is 429 g/mol. The Morgan fingerprint density at radius 2 is 1.87 bits per heavy atom. The molecule has 0 radical (unpaired) electrons. The van der Waals surface area contributed by atoms with E-state index >= 15 is 0 Å². The van der Waals surface area contributed by atoms with Crippen molar-refractivity contribution in [2.24, 2.45) is 0 Å². The summed E-state index contributed by atoms with van der Waals surface area (Å²) in [5, 5.41) is 10.5. The van der Waals surface area contributed by atoms with Crippen LogP contribution in [0.3, 0.4) is 0 Å². The molecule has 4 heterocycles. The van der Waals surface area contributed by atoms with Gasteiger partial charge in [-0.1, -0.05) is 18.2 Å². The maximum absolute atomic E-state index is 13.4. The van der Waals surface area contributed by atoms with E-state index in [0.29, 0.717) is 27.6 Å². The van der Waals surface area contributed by atoms with Gasteiger partial charge in [-0.15, -0.1) is 11.3 Å². The fraction of sp³-hybridized carbons (Fsp3) is 0.217. The van der Waals surface area contributed by atoms with E-state index in [4.69, 9.17) is 4.98 Å². The molecule has 1 aliphatic heterocycles. The first-order chi connectivity index (χ1) is 15.1. The monoisotopic (exact) mass is 428 g/mol. The van der Waals surface area contributed by atoms with Crippen LogP contribution in [-0.4, -0.2) is 52.5 Å². The molecule has 3 aromatic heterocycles. The second kappa shape index (κ2) is 7.95. The zero-order chi connectivity index (χ0) is 21.4. The minimum Gasteiger partial charge on any atom is -0.353 e. The number of pyridine rings is 1. The van der Waals surface area contributed by atoms with Crippen molar-refractivity contribution in [1.82, 2.24) is 19.3 Å². The molecule has 5 rings (SSSR count). The third kappa shape index (κ3) is 3.58. The Labute approximate surface area is 183 Å². The topological polar surface area (TPSA) is 77.5 Å². The van der Waals surface area contributed by atoms with Crippen LogP contribution in [0, 0.1) is 11.3 Å². The van der Waals surface area contributed by atoms with E-state index in [-0.39, 0.29) is 5.56 Å². The number of fused-ring (bicyclic) bond motifs is 2. The number of nitrogens with zero attached hydrogens (tertiary/aromatic N) is 6. The van der Waals surface area contributed by atoms with Crippen molar-refractivity contribution in [2.45, 2.75) is 0 Å². The number of likely N-dealkylation sites (N-methyl/N-ethyl adjacent to an activating group) is 1. The van der Waals surface area contributed by atoms with Gasteiger partial charge in [-0.25, -0.2) is 9.97 Å². The van der Waals surface area contributed by atoms with E-state index in [1.54, 1.807) is 18.3 Å². The highest BCUT2D eigenvalue weighted by Crippen LogP contribution is 2.29. The first-order valence-corrected chi connectivity index (χ1v) is 10.9. The molecule has 0 unspecified atom stereocenters. The van der Waals surface area contributed by atoms with E-state index in [0.717, 1.165) is 36.4 Å². The number of anilines is 1. The zero-order valence-corrected chi connectivity index (χ0v) is 17.8. The molecule has 1 fully saturated rings. The zero-order valence-electron chi connectivity index (χ0n) is 17.0. The van der Waals surface area contributed by atoms with Gasteiger partial charge in [0.05, 0.1) is 21.4 Å². The number of nitriles is 1. The second-order valence-corrected chi connectivity index (χ2v) is 8.56. The number of rotatable bonds is 3. The van der Waals surface area contributed by atoms with Gasteiger partial charge in [0.2, 0.25) is 0 Å². The summed E-state index contributed by atoms with van der Waals surface area (Å²) in [5.41, 5.74) is 2.04. The van der Waals surface area contributed by atoms with Crippen molar-refractivity contribution >= 4 is 44.7 Å². The number of allylic oxidation sites excluding steroid dienone is 1. The van der Waals surface area contributed by atoms with Crippen molar-refractivity contribution in [3.8, 4) is 6.07 Å². The Morgan fingerprint density at radius 1 is 1.10 bits per heavy atom. The summed E-state index contributed by atoms with van der Waals surface area (Å²) in [6.07, 6.45) is 3.36. The number of piperazine rings is 1. The maximum atomic E-state index is 13.4. The standard InChI is InChI=1S/C23H20N6OS/c1-27-10-12-28(13-11-27)21-17(23(30)29-9-5-4-8-20(29)26-21)14-16(15-24)22-25-18-6-2-3-7-19(18)31-22/h2-9,14H,10-13H2,1H3/b16-14+. The second-order valence-electron chi connectivity index (χ2n) is 7.53. The Balaban J connectivity index is 1.70. The predicted molar refractivity (Wildman–Crippen MR) is 124 cm³/mol. The molecule has 8 heteroatoms. The van der Waals surface area contributed by atoms with Crippen LogP contribution in [0.1, 0.15) is 10.6 Å². The first kappa shape index (κ1) is 19.4. The number of benzene rings is 1. The van der Waals surface area contributed by atoms with E-state index in [2.05, 4.69) is 27.9 Å². The lowest BCUT2D eigenvalue weighted by molar-refractivity contribution is 0.312. The Bertz CT molecular complexity index is 1370. The van der Waals surface area contributed by atoms with Crippen LogP contribution in [0.15, 0.2) is 53.5 Å². The minimum atomic E-state index is -0.187. The lowest BCUT2D eigenvalue weighted by Crippen LogP contribution is -2.45. The summed E-state index contributed by atoms with van der Waals surface area (Å²) in [5.74, 6) is 0.623. The molecule has 31 heavy (non-hydrogen) atoms. The van der Waals surface area contributed by atoms with Gasteiger partial charge in [-0.2, -0.15) is 5.26 Å². The van der Waals surface area contributed by atoms with Gasteiger partial charge in [-0.05, 0) is 37.4 Å². The number of aromatic nitrogens is 3. The Morgan fingerprint density at radius 3 is 2.65 bits per heavy atom. The third-order valence-electron chi connectivity index (χ3n) is 5.49. The molecule has 0 N–H and O–H groups in total. The van der Waals surface area contributed by atoms with Crippen molar-refractivity contribution in [2.75, 3.05) is 38.1 Å². The van der Waals surface area contributed by atoms with E-state index < -0.39 is 0 Å². The molecule has 4 aromatic rings. The Hall–Kier alpha value is -3.54. The molecule has 1 aromatic carbocycles. The minimum absolute atomic E-state index is 0.187. The number of para-hydroxylation sites is 1. The SMILES string of the molecule is CN1CCN(c2nc3ccccn3c(=O)c2/C=C(\C#N)c2nc3ccccc3s2)CC1. The van der Waals surface area contributed by atoms with Gasteiger partial charge in [0.1, 0.15) is 22.5 Å². The quantitative estimate of drug-likeness (QED) is 0.467. The summed E-state index contributed by atoms with van der Waals surface area (Å²) < 4.78 is 2.53. The summed E-state index contributed by atoms with van der Waals surface area (Å²) in [6.45, 7) is 3.33. The summed E-state index contributed by atoms with van der Waals surface area (Å²) in [7, 11) is 2.09. The molecule has 0 spiro atoms. The molecule has 0 amide bonds. The normalized spacial score (nSPS) is 15.5. The summed E-state index contributed by atoms with van der Waals surface area (Å²) >= 11 is 1.45. The van der Waals surface area contributed by atoms with Crippen LogP contribution in [0.5, 0.6) is 0 Å². The molecular formula is C23H20N6OS. The smallest absolute Gasteiger partial charge is 0.267 e. The fourth-order valence-electron chi connectivity index (χ4n) is 3.75. The van der Waals surface area contributed by atoms with Crippen LogP contribution in [0.25, 0.3) is 27.5 Å². The van der Waals surface area contributed by atoms with E-state index in [9.17, 15) is 10.1 Å². The molecule has 154 valence electrons. The number of hydrogen-bond donors (Lipinski definition) is 0. The largest absolute Gasteiger partial charge is 0.353 e. The van der Waals surface area contributed by atoms with E-state index in [1.165, 1.54) is 15.7 Å². The lowest BCUT2D eigenvalue weighted by atomic mass is 10.1. The Kier molecular flexibility index (Phi) is 4.98. The van der Waals surface area contributed by atoms with Crippen molar-refractivity contribution < 1.29 is 0 Å². The highest BCUT2D eigenvalue weighted by Gasteiger charge is 2.22. The van der Waals surface area contributed by atoms with Gasteiger partial charge in [0, 0.05) is 32.4 Å². The highest BCUT2D eigenvalue weighted by atomic mass is 32.1. The van der Waals surface area contributed by atoms with Crippen LogP contribution >= 0.6 is 11.3 Å². The fourth-order valence-corrected chi connectivity index (χ4v) is 4.68. The number of hydrogen-bond acceptors (Lipinski definition) is 7. The predicted octanol–water partition coefficient (Wildman–Crippen LogP) is 3.12. The molecule has 0 saturated carbocycles. The van der Waals surface area contributed by atoms with Crippen LogP contribution in [0.4, 0.5) is 5.82 Å². The number of thiazole rings is 1. The van der Waals surface area contributed by atoms with Gasteiger partial charge in [0.15, 0.2) is 0 Å². The van der Waals surface area contributed by atoms with E-state index in [1.807, 2.05) is 36.4 Å². The van der Waals surface area contributed by atoms with Crippen LogP contribution in [-0.2, 0) is 0 Å². The molecule has 7 nitrogen and oxygen atoms in total. The van der Waals surface area contributed by atoms with Gasteiger partial charge in [0.25, 0.3) is 5.56 Å². The molecule has 1 aliphatic rings. The van der Waals surface area contributed by atoms with Crippen LogP contribution < -0.4 is 10.5 Å². The molecule has 0 aliphatic carbocycles. The molecular weight excluding hydrogens is 408 g/mol. The lowest BCUT2D eigenvalue weighted by Gasteiger charge is -2.34. The maximum Gasteiger partial charge on any atom is 0.267 e. The molecule has 0 bridgehead atoms. The molecule has 0 atom stereocenters. The molecule has 1 saturated heterocycles. The van der Waals surface area contributed by atoms with Gasteiger partial charge >= 0.3 is 0 Å². The summed E-state index contributed by atoms with van der Waals surface area (Å²) in [4.78, 5) is 27.2. The van der Waals surface area contributed by atoms with Gasteiger partial charge < -0.3 is 9.80 Å². The highest BCUT2D eigenvalue weighted by molar-refractivity contribution is 7.19. The first-order valence-electron chi connectivity index (χ1n) is 10.1. The van der Waals surface area contributed by atoms with Crippen molar-refractivity contribution in [3.63, 3.8) is 0 Å². The average Bonchev–Trinajstić information content (AvgIpc) is 3.23.